The topological polar surface area (TPSA) is 73.9 Å². The Bertz CT molecular complexity index is 958. The van der Waals surface area contributed by atoms with Crippen molar-refractivity contribution in [2.24, 2.45) is 5.92 Å². The molecule has 0 saturated carbocycles. The number of cyclic esters (lactones) is 1. The van der Waals surface area contributed by atoms with Crippen LogP contribution in [0, 0.1) is 11.7 Å². The van der Waals surface area contributed by atoms with Crippen LogP contribution in [0.1, 0.15) is 58.1 Å². The van der Waals surface area contributed by atoms with Gasteiger partial charge < -0.3 is 19.5 Å². The van der Waals surface area contributed by atoms with E-state index in [2.05, 4.69) is 5.32 Å². The highest BCUT2D eigenvalue weighted by Crippen LogP contribution is 2.28. The first kappa shape index (κ1) is 26.7. The summed E-state index contributed by atoms with van der Waals surface area (Å²) < 4.78 is 31.0. The van der Waals surface area contributed by atoms with Gasteiger partial charge in [0.2, 0.25) is 0 Å². The molecule has 1 amide bonds. The summed E-state index contributed by atoms with van der Waals surface area (Å²) in [6, 6.07) is 15.5. The van der Waals surface area contributed by atoms with E-state index in [1.165, 1.54) is 12.1 Å². The van der Waals surface area contributed by atoms with Crippen molar-refractivity contribution >= 4 is 12.1 Å². The molecule has 0 aromatic heterocycles. The Morgan fingerprint density at radius 1 is 1.06 bits per heavy atom. The molecular weight excluding hydrogens is 449 g/mol. The molecule has 0 aliphatic carbocycles. The van der Waals surface area contributed by atoms with Crippen LogP contribution in [0.5, 0.6) is 0 Å². The molecule has 1 N–H and O–H groups in total. The van der Waals surface area contributed by atoms with Gasteiger partial charge in [0.05, 0.1) is 12.7 Å². The van der Waals surface area contributed by atoms with Crippen molar-refractivity contribution in [1.29, 1.82) is 0 Å². The predicted molar refractivity (Wildman–Crippen MR) is 131 cm³/mol. The highest BCUT2D eigenvalue weighted by Gasteiger charge is 2.35. The summed E-state index contributed by atoms with van der Waals surface area (Å²) >= 11 is 0. The molecule has 2 aromatic rings. The van der Waals surface area contributed by atoms with Crippen molar-refractivity contribution in [1.82, 2.24) is 5.32 Å². The summed E-state index contributed by atoms with van der Waals surface area (Å²) in [7, 11) is 0. The maximum Gasteiger partial charge on any atom is 0.408 e. The van der Waals surface area contributed by atoms with Gasteiger partial charge in [-0.05, 0) is 76.6 Å². The van der Waals surface area contributed by atoms with Gasteiger partial charge in [0.1, 0.15) is 23.6 Å². The van der Waals surface area contributed by atoms with E-state index in [4.69, 9.17) is 14.2 Å². The SMILES string of the molecule is C[C@@H]1OC(=O)[C@@H](NC(=O)OC(C)(C)C)CCC[C@H](OCc2ccccc2)[C@H]1Cc1ccc(F)cc1. The van der Waals surface area contributed by atoms with Crippen LogP contribution in [0.3, 0.4) is 0 Å². The van der Waals surface area contributed by atoms with E-state index in [9.17, 15) is 14.0 Å². The van der Waals surface area contributed by atoms with E-state index in [1.54, 1.807) is 32.9 Å². The molecule has 1 aliphatic heterocycles. The van der Waals surface area contributed by atoms with Crippen molar-refractivity contribution in [3.05, 3.63) is 71.5 Å². The molecule has 35 heavy (non-hydrogen) atoms. The first-order valence-corrected chi connectivity index (χ1v) is 12.2. The lowest BCUT2D eigenvalue weighted by molar-refractivity contribution is -0.156. The monoisotopic (exact) mass is 485 g/mol. The average molecular weight is 486 g/mol. The van der Waals surface area contributed by atoms with Crippen LogP contribution in [-0.2, 0) is 32.0 Å². The minimum atomic E-state index is -0.799. The summed E-state index contributed by atoms with van der Waals surface area (Å²) in [6.45, 7) is 7.59. The van der Waals surface area contributed by atoms with Gasteiger partial charge in [-0.1, -0.05) is 42.5 Å². The van der Waals surface area contributed by atoms with Crippen LogP contribution in [0.25, 0.3) is 0 Å². The Balaban J connectivity index is 1.77. The van der Waals surface area contributed by atoms with Gasteiger partial charge in [0, 0.05) is 5.92 Å². The maximum absolute atomic E-state index is 13.5. The molecule has 0 unspecified atom stereocenters. The Morgan fingerprint density at radius 2 is 1.74 bits per heavy atom. The molecule has 0 spiro atoms. The molecule has 0 bridgehead atoms. The van der Waals surface area contributed by atoms with Crippen molar-refractivity contribution < 1.29 is 28.2 Å². The summed E-state index contributed by atoms with van der Waals surface area (Å²) in [5, 5.41) is 2.67. The number of halogens is 1. The van der Waals surface area contributed by atoms with E-state index in [-0.39, 0.29) is 17.8 Å². The third-order valence-electron chi connectivity index (χ3n) is 6.03. The average Bonchev–Trinajstić information content (AvgIpc) is 2.84. The fourth-order valence-corrected chi connectivity index (χ4v) is 4.27. The first-order valence-electron chi connectivity index (χ1n) is 12.2. The second kappa shape index (κ2) is 12.2. The van der Waals surface area contributed by atoms with Crippen molar-refractivity contribution in [2.75, 3.05) is 0 Å². The molecule has 1 aliphatic rings. The molecular formula is C28H36FNO5. The molecule has 6 nitrogen and oxygen atoms in total. The van der Waals surface area contributed by atoms with Gasteiger partial charge >= 0.3 is 12.1 Å². The number of carbonyl (C=O) groups excluding carboxylic acids is 2. The molecule has 3 rings (SSSR count). The standard InChI is InChI=1S/C28H36FNO5/c1-19-23(17-20-13-15-22(29)16-14-20)25(33-18-21-9-6-5-7-10-21)12-8-11-24(26(31)34-19)30-27(32)35-28(2,3)4/h5-7,9-10,13-16,19,23-25H,8,11-12,17-18H2,1-4H3,(H,30,32)/t19-,23-,24-,25-/m0/s1. The Hall–Kier alpha value is -2.93. The van der Waals surface area contributed by atoms with Gasteiger partial charge in [-0.3, -0.25) is 0 Å². The Morgan fingerprint density at radius 3 is 2.40 bits per heavy atom. The number of alkyl carbamates (subject to hydrolysis) is 1. The minimum absolute atomic E-state index is 0.145. The van der Waals surface area contributed by atoms with Gasteiger partial charge in [0.25, 0.3) is 0 Å². The second-order valence-electron chi connectivity index (χ2n) is 10.1. The van der Waals surface area contributed by atoms with Gasteiger partial charge in [-0.2, -0.15) is 0 Å². The summed E-state index contributed by atoms with van der Waals surface area (Å²) in [5.74, 6) is -0.930. The molecule has 190 valence electrons. The molecule has 7 heteroatoms. The molecule has 0 radical (unpaired) electrons. The third kappa shape index (κ3) is 8.66. The highest BCUT2D eigenvalue weighted by molar-refractivity contribution is 5.81. The number of benzene rings is 2. The number of hydrogen-bond acceptors (Lipinski definition) is 5. The number of nitrogens with one attached hydrogen (secondary N) is 1. The minimum Gasteiger partial charge on any atom is -0.461 e. The normalized spacial score (nSPS) is 23.4. The molecule has 1 saturated heterocycles. The molecule has 1 fully saturated rings. The zero-order chi connectivity index (χ0) is 25.4. The van der Waals surface area contributed by atoms with Crippen molar-refractivity contribution in [2.45, 2.75) is 83.8 Å². The second-order valence-corrected chi connectivity index (χ2v) is 10.1. The van der Waals surface area contributed by atoms with E-state index in [1.807, 2.05) is 37.3 Å². The zero-order valence-electron chi connectivity index (χ0n) is 21.0. The number of hydrogen-bond donors (Lipinski definition) is 1. The van der Waals surface area contributed by atoms with Crippen molar-refractivity contribution in [3.63, 3.8) is 0 Å². The van der Waals surface area contributed by atoms with Gasteiger partial charge in [0.15, 0.2) is 0 Å². The highest BCUT2D eigenvalue weighted by atomic mass is 19.1. The largest absolute Gasteiger partial charge is 0.461 e. The quantitative estimate of drug-likeness (QED) is 0.541. The number of rotatable bonds is 6. The van der Waals surface area contributed by atoms with Crippen LogP contribution in [0.15, 0.2) is 54.6 Å². The number of carbonyl (C=O) groups is 2. The Labute approximate surface area is 207 Å². The lowest BCUT2D eigenvalue weighted by Gasteiger charge is -2.31. The summed E-state index contributed by atoms with van der Waals surface area (Å²) in [6.07, 6.45) is 1.01. The summed E-state index contributed by atoms with van der Waals surface area (Å²) in [4.78, 5) is 25.3. The number of ether oxygens (including phenoxy) is 3. The summed E-state index contributed by atoms with van der Waals surface area (Å²) in [5.41, 5.74) is 1.33. The third-order valence-corrected chi connectivity index (χ3v) is 6.03. The van der Waals surface area contributed by atoms with Crippen LogP contribution in [0.4, 0.5) is 9.18 Å². The first-order chi connectivity index (χ1) is 16.6. The van der Waals surface area contributed by atoms with E-state index >= 15 is 0 Å². The van der Waals surface area contributed by atoms with Crippen LogP contribution in [-0.4, -0.2) is 35.9 Å². The van der Waals surface area contributed by atoms with E-state index in [0.717, 1.165) is 11.1 Å². The van der Waals surface area contributed by atoms with E-state index < -0.39 is 29.8 Å². The zero-order valence-corrected chi connectivity index (χ0v) is 21.0. The van der Waals surface area contributed by atoms with E-state index in [0.29, 0.717) is 32.3 Å². The fraction of sp³-hybridized carbons (Fsp3) is 0.500. The predicted octanol–water partition coefficient (Wildman–Crippen LogP) is 5.58. The number of esters is 1. The smallest absolute Gasteiger partial charge is 0.408 e. The van der Waals surface area contributed by atoms with Gasteiger partial charge in [-0.25, -0.2) is 14.0 Å². The maximum atomic E-state index is 13.5. The van der Waals surface area contributed by atoms with Gasteiger partial charge in [-0.15, -0.1) is 0 Å². The molecule has 2 aromatic carbocycles. The van der Waals surface area contributed by atoms with Crippen LogP contribution < -0.4 is 5.32 Å². The van der Waals surface area contributed by atoms with Crippen LogP contribution in [0.2, 0.25) is 0 Å². The Kier molecular flexibility index (Phi) is 9.26. The fourth-order valence-electron chi connectivity index (χ4n) is 4.27. The van der Waals surface area contributed by atoms with Crippen molar-refractivity contribution in [3.8, 4) is 0 Å². The van der Waals surface area contributed by atoms with Crippen LogP contribution >= 0.6 is 0 Å². The number of amides is 1. The molecule has 1 heterocycles. The lowest BCUT2D eigenvalue weighted by Crippen LogP contribution is -2.45. The molecule has 4 atom stereocenters. The lowest BCUT2D eigenvalue weighted by atomic mass is 9.87.